The maximum absolute atomic E-state index is 13.2. The van der Waals surface area contributed by atoms with Crippen molar-refractivity contribution in [2.24, 2.45) is 0 Å². The molecule has 2 N–H and O–H groups in total. The number of nitrogens with zero attached hydrogens (tertiary/aromatic N) is 1. The van der Waals surface area contributed by atoms with E-state index >= 15 is 0 Å². The third-order valence-electron chi connectivity index (χ3n) is 2.71. The van der Waals surface area contributed by atoms with Gasteiger partial charge in [0.05, 0.1) is 5.69 Å². The fraction of sp³-hybridized carbons (Fsp3) is 0.200. The Kier molecular flexibility index (Phi) is 5.27. The monoisotopic (exact) mass is 351 g/mol. The molecule has 1 heterocycles. The van der Waals surface area contributed by atoms with E-state index in [1.165, 1.54) is 18.2 Å². The molecule has 2 rings (SSSR count). The SMILES string of the molecule is CCCNc1cccc(C(=O)Nc2cc(F)ccc2Br)n1. The van der Waals surface area contributed by atoms with Gasteiger partial charge < -0.3 is 10.6 Å². The third-order valence-corrected chi connectivity index (χ3v) is 3.41. The van der Waals surface area contributed by atoms with Crippen molar-refractivity contribution in [2.45, 2.75) is 13.3 Å². The summed E-state index contributed by atoms with van der Waals surface area (Å²) >= 11 is 3.27. The summed E-state index contributed by atoms with van der Waals surface area (Å²) in [7, 11) is 0. The molecule has 0 unspecified atom stereocenters. The number of benzene rings is 1. The van der Waals surface area contributed by atoms with Gasteiger partial charge in [-0.3, -0.25) is 4.79 Å². The molecule has 0 saturated carbocycles. The number of carbonyl (C=O) groups is 1. The molecule has 110 valence electrons. The van der Waals surface area contributed by atoms with Crippen LogP contribution >= 0.6 is 15.9 Å². The Hall–Kier alpha value is -1.95. The molecule has 6 heteroatoms. The van der Waals surface area contributed by atoms with Crippen molar-refractivity contribution in [2.75, 3.05) is 17.2 Å². The molecule has 0 fully saturated rings. The van der Waals surface area contributed by atoms with Crippen molar-refractivity contribution in [1.29, 1.82) is 0 Å². The lowest BCUT2D eigenvalue weighted by molar-refractivity contribution is 0.102. The van der Waals surface area contributed by atoms with Crippen LogP contribution in [0, 0.1) is 5.82 Å². The molecule has 1 aromatic carbocycles. The Morgan fingerprint density at radius 2 is 2.14 bits per heavy atom. The summed E-state index contributed by atoms with van der Waals surface area (Å²) in [5.41, 5.74) is 0.640. The largest absolute Gasteiger partial charge is 0.370 e. The van der Waals surface area contributed by atoms with E-state index < -0.39 is 5.82 Å². The van der Waals surface area contributed by atoms with Gasteiger partial charge in [0, 0.05) is 11.0 Å². The number of anilines is 2. The van der Waals surface area contributed by atoms with E-state index in [0.29, 0.717) is 16.0 Å². The fourth-order valence-electron chi connectivity index (χ4n) is 1.69. The van der Waals surface area contributed by atoms with E-state index in [9.17, 15) is 9.18 Å². The van der Waals surface area contributed by atoms with Gasteiger partial charge in [-0.05, 0) is 52.7 Å². The smallest absolute Gasteiger partial charge is 0.274 e. The van der Waals surface area contributed by atoms with Gasteiger partial charge in [0.1, 0.15) is 17.3 Å². The molecule has 0 aliphatic heterocycles. The number of pyridine rings is 1. The maximum Gasteiger partial charge on any atom is 0.274 e. The predicted molar refractivity (Wildman–Crippen MR) is 85.1 cm³/mol. The number of amides is 1. The van der Waals surface area contributed by atoms with Crippen molar-refractivity contribution in [1.82, 2.24) is 4.98 Å². The van der Waals surface area contributed by atoms with Crippen LogP contribution in [0.15, 0.2) is 40.9 Å². The summed E-state index contributed by atoms with van der Waals surface area (Å²) in [6.07, 6.45) is 0.967. The average Bonchev–Trinajstić information content (AvgIpc) is 2.49. The lowest BCUT2D eigenvalue weighted by Crippen LogP contribution is -2.15. The van der Waals surface area contributed by atoms with Gasteiger partial charge in [-0.1, -0.05) is 13.0 Å². The van der Waals surface area contributed by atoms with Crippen molar-refractivity contribution in [3.63, 3.8) is 0 Å². The average molecular weight is 352 g/mol. The molecule has 0 bridgehead atoms. The molecule has 0 aliphatic carbocycles. The van der Waals surface area contributed by atoms with Crippen molar-refractivity contribution in [3.05, 3.63) is 52.4 Å². The van der Waals surface area contributed by atoms with Crippen LogP contribution in [-0.4, -0.2) is 17.4 Å². The molecule has 1 amide bonds. The van der Waals surface area contributed by atoms with E-state index in [1.807, 2.05) is 6.92 Å². The Bertz CT molecular complexity index is 649. The molecule has 4 nitrogen and oxygen atoms in total. The van der Waals surface area contributed by atoms with Gasteiger partial charge >= 0.3 is 0 Å². The first-order chi connectivity index (χ1) is 10.1. The summed E-state index contributed by atoms with van der Waals surface area (Å²) in [5, 5.41) is 5.75. The molecule has 0 radical (unpaired) electrons. The van der Waals surface area contributed by atoms with Gasteiger partial charge in [-0.25, -0.2) is 9.37 Å². The molecule has 0 aliphatic rings. The lowest BCUT2D eigenvalue weighted by Gasteiger charge is -2.09. The quantitative estimate of drug-likeness (QED) is 0.853. The number of carbonyl (C=O) groups excluding carboxylic acids is 1. The van der Waals surface area contributed by atoms with Gasteiger partial charge in [0.15, 0.2) is 0 Å². The maximum atomic E-state index is 13.2. The van der Waals surface area contributed by atoms with Crippen LogP contribution in [-0.2, 0) is 0 Å². The molecule has 0 spiro atoms. The molecule has 0 saturated heterocycles. The summed E-state index contributed by atoms with van der Waals surface area (Å²) in [6.45, 7) is 2.83. The van der Waals surface area contributed by atoms with E-state index in [1.54, 1.807) is 18.2 Å². The highest BCUT2D eigenvalue weighted by atomic mass is 79.9. The second kappa shape index (κ2) is 7.17. The Labute approximate surface area is 130 Å². The Morgan fingerprint density at radius 3 is 2.90 bits per heavy atom. The van der Waals surface area contributed by atoms with Gasteiger partial charge in [0.2, 0.25) is 0 Å². The predicted octanol–water partition coefficient (Wildman–Crippen LogP) is 4.06. The van der Waals surface area contributed by atoms with Crippen LogP contribution in [0.3, 0.4) is 0 Å². The second-order valence-electron chi connectivity index (χ2n) is 4.41. The van der Waals surface area contributed by atoms with Gasteiger partial charge in [-0.2, -0.15) is 0 Å². The topological polar surface area (TPSA) is 54.0 Å². The first kappa shape index (κ1) is 15.4. The standard InChI is InChI=1S/C15H15BrFN3O/c1-2-8-18-14-5-3-4-12(19-14)15(21)20-13-9-10(17)6-7-11(13)16/h3-7,9H,2,8H2,1H3,(H,18,19)(H,20,21). The highest BCUT2D eigenvalue weighted by Gasteiger charge is 2.11. The zero-order chi connectivity index (χ0) is 15.2. The van der Waals surface area contributed by atoms with E-state index in [2.05, 4.69) is 31.5 Å². The normalized spacial score (nSPS) is 10.2. The van der Waals surface area contributed by atoms with Crippen molar-refractivity contribution >= 4 is 33.3 Å². The zero-order valence-corrected chi connectivity index (χ0v) is 13.1. The highest BCUT2D eigenvalue weighted by molar-refractivity contribution is 9.10. The highest BCUT2D eigenvalue weighted by Crippen LogP contribution is 2.23. The second-order valence-corrected chi connectivity index (χ2v) is 5.27. The molecular weight excluding hydrogens is 337 g/mol. The third kappa shape index (κ3) is 4.26. The first-order valence-electron chi connectivity index (χ1n) is 6.57. The van der Waals surface area contributed by atoms with Crippen LogP contribution in [0.25, 0.3) is 0 Å². The van der Waals surface area contributed by atoms with Crippen LogP contribution < -0.4 is 10.6 Å². The minimum absolute atomic E-state index is 0.271. The van der Waals surface area contributed by atoms with Crippen LogP contribution in [0.1, 0.15) is 23.8 Å². The summed E-state index contributed by atoms with van der Waals surface area (Å²) in [6, 6.07) is 9.26. The van der Waals surface area contributed by atoms with Crippen molar-refractivity contribution < 1.29 is 9.18 Å². The van der Waals surface area contributed by atoms with E-state index in [-0.39, 0.29) is 11.6 Å². The number of aromatic nitrogens is 1. The van der Waals surface area contributed by atoms with E-state index in [4.69, 9.17) is 0 Å². The summed E-state index contributed by atoms with van der Waals surface area (Å²) < 4.78 is 13.8. The molecule has 2 aromatic rings. The van der Waals surface area contributed by atoms with Gasteiger partial charge in [-0.15, -0.1) is 0 Å². The van der Waals surface area contributed by atoms with Crippen LogP contribution in [0.4, 0.5) is 15.9 Å². The minimum Gasteiger partial charge on any atom is -0.370 e. The summed E-state index contributed by atoms with van der Waals surface area (Å²) in [4.78, 5) is 16.4. The Balaban J connectivity index is 2.14. The zero-order valence-electron chi connectivity index (χ0n) is 11.5. The van der Waals surface area contributed by atoms with Crippen LogP contribution in [0.5, 0.6) is 0 Å². The number of hydrogen-bond donors (Lipinski definition) is 2. The molecule has 1 aromatic heterocycles. The molecule has 0 atom stereocenters. The molecular formula is C15H15BrFN3O. The Morgan fingerprint density at radius 1 is 1.33 bits per heavy atom. The van der Waals surface area contributed by atoms with Crippen LogP contribution in [0.2, 0.25) is 0 Å². The van der Waals surface area contributed by atoms with Crippen molar-refractivity contribution in [3.8, 4) is 0 Å². The fourth-order valence-corrected chi connectivity index (χ4v) is 2.04. The summed E-state index contributed by atoms with van der Waals surface area (Å²) in [5.74, 6) is -0.163. The minimum atomic E-state index is -0.417. The van der Waals surface area contributed by atoms with Gasteiger partial charge in [0.25, 0.3) is 5.91 Å². The first-order valence-corrected chi connectivity index (χ1v) is 7.37. The lowest BCUT2D eigenvalue weighted by atomic mass is 10.3. The molecule has 21 heavy (non-hydrogen) atoms. The number of nitrogens with one attached hydrogen (secondary N) is 2. The number of halogens is 2. The number of rotatable bonds is 5. The number of hydrogen-bond acceptors (Lipinski definition) is 3. The van der Waals surface area contributed by atoms with E-state index in [0.717, 1.165) is 13.0 Å².